The fourth-order valence-corrected chi connectivity index (χ4v) is 2.28. The number of unbranched alkanes of at least 4 members (excludes halogenated alkanes) is 3. The zero-order chi connectivity index (χ0) is 16.7. The Morgan fingerprint density at radius 2 is 2.04 bits per heavy atom. The van der Waals surface area contributed by atoms with E-state index in [1.54, 1.807) is 20.1 Å². The summed E-state index contributed by atoms with van der Waals surface area (Å²) in [4.78, 5) is 15.6. The summed E-state index contributed by atoms with van der Waals surface area (Å²) in [5.41, 5.74) is 1.10. The molecule has 124 valence electrons. The average Bonchev–Trinajstić information content (AvgIpc) is 2.85. The van der Waals surface area contributed by atoms with Crippen molar-refractivity contribution in [3.63, 3.8) is 0 Å². The number of esters is 1. The summed E-state index contributed by atoms with van der Waals surface area (Å²) in [6, 6.07) is 5.54. The van der Waals surface area contributed by atoms with E-state index in [1.807, 2.05) is 18.2 Å². The van der Waals surface area contributed by atoms with Crippen molar-refractivity contribution in [2.24, 2.45) is 4.99 Å². The Morgan fingerprint density at radius 3 is 2.70 bits per heavy atom. The molecule has 0 N–H and O–H groups in total. The lowest BCUT2D eigenvalue weighted by Crippen LogP contribution is -2.00. The summed E-state index contributed by atoms with van der Waals surface area (Å²) in [6.45, 7) is 4.50. The van der Waals surface area contributed by atoms with E-state index in [-0.39, 0.29) is 5.70 Å². The highest BCUT2D eigenvalue weighted by Gasteiger charge is 2.19. The Balaban J connectivity index is 2.04. The lowest BCUT2D eigenvalue weighted by Gasteiger charge is -2.11. The molecule has 1 aliphatic heterocycles. The van der Waals surface area contributed by atoms with Crippen LogP contribution in [0, 0.1) is 0 Å². The highest BCUT2D eigenvalue weighted by atomic mass is 16.6. The van der Waals surface area contributed by atoms with Gasteiger partial charge in [0, 0.05) is 6.92 Å². The molecule has 23 heavy (non-hydrogen) atoms. The first-order chi connectivity index (χ1) is 11.1. The SMILES string of the molecule is CCCCCCOc1ccc(/C=C2\N=C(C)OC2=O)cc1OC. The van der Waals surface area contributed by atoms with Crippen LogP contribution in [0.3, 0.4) is 0 Å². The maximum absolute atomic E-state index is 11.6. The van der Waals surface area contributed by atoms with Crippen LogP contribution in [0.5, 0.6) is 11.5 Å². The van der Waals surface area contributed by atoms with Crippen molar-refractivity contribution in [3.05, 3.63) is 29.5 Å². The van der Waals surface area contributed by atoms with Crippen LogP contribution in [-0.4, -0.2) is 25.6 Å². The number of carbonyl (C=O) groups is 1. The van der Waals surface area contributed by atoms with Crippen molar-refractivity contribution < 1.29 is 19.0 Å². The van der Waals surface area contributed by atoms with Gasteiger partial charge in [-0.1, -0.05) is 32.3 Å². The van der Waals surface area contributed by atoms with Crippen molar-refractivity contribution in [1.29, 1.82) is 0 Å². The molecular weight excluding hydrogens is 294 g/mol. The number of benzene rings is 1. The van der Waals surface area contributed by atoms with Crippen LogP contribution in [0.25, 0.3) is 6.08 Å². The first kappa shape index (κ1) is 17.1. The summed E-state index contributed by atoms with van der Waals surface area (Å²) < 4.78 is 16.0. The lowest BCUT2D eigenvalue weighted by molar-refractivity contribution is -0.130. The van der Waals surface area contributed by atoms with Gasteiger partial charge in [0.05, 0.1) is 13.7 Å². The molecule has 1 aliphatic rings. The number of ether oxygens (including phenoxy) is 3. The molecule has 0 fully saturated rings. The highest BCUT2D eigenvalue weighted by Crippen LogP contribution is 2.29. The van der Waals surface area contributed by atoms with Crippen LogP contribution in [-0.2, 0) is 9.53 Å². The normalized spacial score (nSPS) is 15.5. The smallest absolute Gasteiger partial charge is 0.363 e. The van der Waals surface area contributed by atoms with Crippen molar-refractivity contribution >= 4 is 17.9 Å². The van der Waals surface area contributed by atoms with Crippen molar-refractivity contribution in [2.45, 2.75) is 39.5 Å². The van der Waals surface area contributed by atoms with Crippen LogP contribution in [0.1, 0.15) is 45.1 Å². The predicted molar refractivity (Wildman–Crippen MR) is 89.8 cm³/mol. The van der Waals surface area contributed by atoms with E-state index in [4.69, 9.17) is 14.2 Å². The van der Waals surface area contributed by atoms with Crippen LogP contribution in [0.4, 0.5) is 0 Å². The fraction of sp³-hybridized carbons (Fsp3) is 0.444. The van der Waals surface area contributed by atoms with Gasteiger partial charge in [-0.15, -0.1) is 0 Å². The maximum Gasteiger partial charge on any atom is 0.363 e. The molecule has 0 saturated carbocycles. The molecule has 5 heteroatoms. The van der Waals surface area contributed by atoms with Gasteiger partial charge in [-0.3, -0.25) is 0 Å². The van der Waals surface area contributed by atoms with E-state index in [1.165, 1.54) is 19.3 Å². The number of nitrogens with zero attached hydrogens (tertiary/aromatic N) is 1. The summed E-state index contributed by atoms with van der Waals surface area (Å²) in [5, 5.41) is 0. The largest absolute Gasteiger partial charge is 0.493 e. The fourth-order valence-electron chi connectivity index (χ4n) is 2.28. The van der Waals surface area contributed by atoms with Crippen molar-refractivity contribution in [1.82, 2.24) is 0 Å². The Morgan fingerprint density at radius 1 is 1.22 bits per heavy atom. The zero-order valence-corrected chi connectivity index (χ0v) is 13.9. The molecule has 0 aromatic heterocycles. The topological polar surface area (TPSA) is 57.1 Å². The molecule has 0 spiro atoms. The Bertz CT molecular complexity index is 619. The van der Waals surface area contributed by atoms with Gasteiger partial charge in [0.15, 0.2) is 23.1 Å². The third kappa shape index (κ3) is 4.84. The van der Waals surface area contributed by atoms with E-state index in [2.05, 4.69) is 11.9 Å². The van der Waals surface area contributed by atoms with Crippen molar-refractivity contribution in [2.75, 3.05) is 13.7 Å². The minimum atomic E-state index is -0.433. The zero-order valence-electron chi connectivity index (χ0n) is 13.9. The second-order valence-electron chi connectivity index (χ2n) is 5.37. The molecule has 1 heterocycles. The third-order valence-corrected chi connectivity index (χ3v) is 3.47. The molecule has 0 radical (unpaired) electrons. The van der Waals surface area contributed by atoms with Gasteiger partial charge in [-0.25, -0.2) is 9.79 Å². The molecule has 0 aliphatic carbocycles. The standard InChI is InChI=1S/C18H23NO4/c1-4-5-6-7-10-22-16-9-8-14(12-17(16)21-3)11-15-18(20)23-13(2)19-15/h8-9,11-12H,4-7,10H2,1-3H3/b15-11-. The van der Waals surface area contributed by atoms with E-state index in [9.17, 15) is 4.79 Å². The quantitative estimate of drug-likeness (QED) is 0.413. The molecular formula is C18H23NO4. The lowest BCUT2D eigenvalue weighted by atomic mass is 10.1. The van der Waals surface area contributed by atoms with Gasteiger partial charge in [0.2, 0.25) is 0 Å². The third-order valence-electron chi connectivity index (χ3n) is 3.47. The van der Waals surface area contributed by atoms with Gasteiger partial charge in [0.1, 0.15) is 0 Å². The van der Waals surface area contributed by atoms with Gasteiger partial charge in [-0.05, 0) is 30.2 Å². The minimum Gasteiger partial charge on any atom is -0.493 e. The Labute approximate surface area is 137 Å². The number of carbonyl (C=O) groups excluding carboxylic acids is 1. The number of aliphatic imine (C=N–C) groups is 1. The first-order valence-electron chi connectivity index (χ1n) is 7.94. The highest BCUT2D eigenvalue weighted by molar-refractivity contribution is 6.06. The van der Waals surface area contributed by atoms with Gasteiger partial charge >= 0.3 is 5.97 Å². The van der Waals surface area contributed by atoms with Crippen LogP contribution in [0.15, 0.2) is 28.9 Å². The van der Waals surface area contributed by atoms with Crippen LogP contribution < -0.4 is 9.47 Å². The molecule has 0 unspecified atom stereocenters. The van der Waals surface area contributed by atoms with E-state index < -0.39 is 5.97 Å². The number of rotatable bonds is 8. The monoisotopic (exact) mass is 317 g/mol. The summed E-state index contributed by atoms with van der Waals surface area (Å²) >= 11 is 0. The van der Waals surface area contributed by atoms with Gasteiger partial charge in [0.25, 0.3) is 0 Å². The molecule has 1 aromatic rings. The summed E-state index contributed by atoms with van der Waals surface area (Å²) in [5.74, 6) is 1.28. The Kier molecular flexibility index (Phi) is 6.20. The molecule has 2 rings (SSSR count). The summed E-state index contributed by atoms with van der Waals surface area (Å²) in [7, 11) is 1.60. The number of cyclic esters (lactones) is 1. The molecule has 0 saturated heterocycles. The molecule has 5 nitrogen and oxygen atoms in total. The molecule has 0 amide bonds. The summed E-state index contributed by atoms with van der Waals surface area (Å²) in [6.07, 6.45) is 6.30. The van der Waals surface area contributed by atoms with E-state index in [0.717, 1.165) is 12.0 Å². The maximum atomic E-state index is 11.6. The predicted octanol–water partition coefficient (Wildman–Crippen LogP) is 3.97. The second-order valence-corrected chi connectivity index (χ2v) is 5.37. The van der Waals surface area contributed by atoms with E-state index in [0.29, 0.717) is 24.0 Å². The molecule has 0 atom stereocenters. The molecule has 0 bridgehead atoms. The van der Waals surface area contributed by atoms with Gasteiger partial charge in [-0.2, -0.15) is 0 Å². The van der Waals surface area contributed by atoms with Crippen LogP contribution >= 0.6 is 0 Å². The number of methoxy groups -OCH3 is 1. The minimum absolute atomic E-state index is 0.290. The van der Waals surface area contributed by atoms with Gasteiger partial charge < -0.3 is 14.2 Å². The number of hydrogen-bond donors (Lipinski definition) is 0. The van der Waals surface area contributed by atoms with E-state index >= 15 is 0 Å². The van der Waals surface area contributed by atoms with Crippen molar-refractivity contribution in [3.8, 4) is 11.5 Å². The average molecular weight is 317 g/mol. The number of hydrogen-bond acceptors (Lipinski definition) is 5. The first-order valence-corrected chi connectivity index (χ1v) is 7.94. The van der Waals surface area contributed by atoms with Crippen LogP contribution in [0.2, 0.25) is 0 Å². The molecule has 1 aromatic carbocycles. The second kappa shape index (κ2) is 8.36. The Hall–Kier alpha value is -2.30.